The van der Waals surface area contributed by atoms with Gasteiger partial charge in [-0.25, -0.2) is 4.79 Å². The van der Waals surface area contributed by atoms with Gasteiger partial charge in [0.25, 0.3) is 0 Å². The molecule has 2 rings (SSSR count). The van der Waals surface area contributed by atoms with Gasteiger partial charge in [0.15, 0.2) is 0 Å². The Morgan fingerprint density at radius 3 is 2.62 bits per heavy atom. The van der Waals surface area contributed by atoms with E-state index in [1.165, 1.54) is 4.90 Å². The third-order valence-corrected chi connectivity index (χ3v) is 3.22. The van der Waals surface area contributed by atoms with Gasteiger partial charge in [-0.2, -0.15) is 0 Å². The lowest BCUT2D eigenvalue weighted by molar-refractivity contribution is -0.309. The van der Waals surface area contributed by atoms with Crippen LogP contribution in [0.5, 0.6) is 0 Å². The first-order valence-electron chi connectivity index (χ1n) is 6.58. The lowest BCUT2D eigenvalue weighted by Gasteiger charge is -2.32. The number of amides is 3. The summed E-state index contributed by atoms with van der Waals surface area (Å²) in [5, 5.41) is 16.1. The summed E-state index contributed by atoms with van der Waals surface area (Å²) in [6, 6.07) is 5.06. The minimum atomic E-state index is -1.35. The molecule has 0 saturated heterocycles. The quantitative estimate of drug-likeness (QED) is 0.813. The van der Waals surface area contributed by atoms with Crippen LogP contribution in [0.1, 0.15) is 13.8 Å². The molecule has 0 spiro atoms. The SMILES string of the molecule is CC(C)[C@H](NC(=O)N1CC(=O)Nc2ccccc21)C(=O)[O-]. The Morgan fingerprint density at radius 1 is 1.33 bits per heavy atom. The number of fused-ring (bicyclic) bond motifs is 1. The normalized spacial score (nSPS) is 15.2. The maximum Gasteiger partial charge on any atom is 0.322 e. The van der Waals surface area contributed by atoms with Gasteiger partial charge in [-0.05, 0) is 18.1 Å². The Labute approximate surface area is 121 Å². The van der Waals surface area contributed by atoms with Crippen LogP contribution < -0.4 is 20.6 Å². The van der Waals surface area contributed by atoms with Gasteiger partial charge in [-0.15, -0.1) is 0 Å². The average molecular weight is 290 g/mol. The van der Waals surface area contributed by atoms with Crippen molar-refractivity contribution in [1.29, 1.82) is 0 Å². The first-order valence-corrected chi connectivity index (χ1v) is 6.58. The molecule has 3 amide bonds. The highest BCUT2D eigenvalue weighted by atomic mass is 16.4. The van der Waals surface area contributed by atoms with Gasteiger partial charge in [0.1, 0.15) is 6.54 Å². The van der Waals surface area contributed by atoms with Crippen molar-refractivity contribution in [3.8, 4) is 0 Å². The van der Waals surface area contributed by atoms with E-state index < -0.39 is 18.0 Å². The van der Waals surface area contributed by atoms with Gasteiger partial charge in [-0.3, -0.25) is 9.69 Å². The van der Waals surface area contributed by atoms with E-state index in [-0.39, 0.29) is 18.4 Å². The number of hydrogen-bond donors (Lipinski definition) is 2. The van der Waals surface area contributed by atoms with Crippen LogP contribution in [0.25, 0.3) is 0 Å². The fourth-order valence-electron chi connectivity index (χ4n) is 2.12. The van der Waals surface area contributed by atoms with Gasteiger partial charge >= 0.3 is 6.03 Å². The number of carbonyl (C=O) groups is 3. The van der Waals surface area contributed by atoms with E-state index in [4.69, 9.17) is 0 Å². The number of anilines is 2. The summed E-state index contributed by atoms with van der Waals surface area (Å²) in [7, 11) is 0. The first-order chi connectivity index (χ1) is 9.90. The molecule has 0 fully saturated rings. The fraction of sp³-hybridized carbons (Fsp3) is 0.357. The Balaban J connectivity index is 2.23. The molecule has 1 atom stereocenters. The summed E-state index contributed by atoms with van der Waals surface area (Å²) >= 11 is 0. The fourth-order valence-corrected chi connectivity index (χ4v) is 2.12. The van der Waals surface area contributed by atoms with E-state index in [0.717, 1.165) is 0 Å². The van der Waals surface area contributed by atoms with Gasteiger partial charge in [0.05, 0.1) is 23.4 Å². The monoisotopic (exact) mass is 290 g/mol. The Morgan fingerprint density at radius 2 is 2.00 bits per heavy atom. The molecule has 21 heavy (non-hydrogen) atoms. The van der Waals surface area contributed by atoms with Crippen LogP contribution in [0, 0.1) is 5.92 Å². The maximum absolute atomic E-state index is 12.3. The van der Waals surface area contributed by atoms with E-state index in [1.807, 2.05) is 0 Å². The maximum atomic E-state index is 12.3. The average Bonchev–Trinajstić information content (AvgIpc) is 2.42. The van der Waals surface area contributed by atoms with Crippen molar-refractivity contribution in [3.05, 3.63) is 24.3 Å². The molecule has 1 heterocycles. The van der Waals surface area contributed by atoms with E-state index in [0.29, 0.717) is 11.4 Å². The van der Waals surface area contributed by atoms with Crippen molar-refractivity contribution in [3.63, 3.8) is 0 Å². The van der Waals surface area contributed by atoms with Gasteiger partial charge in [-0.1, -0.05) is 26.0 Å². The largest absolute Gasteiger partial charge is 0.548 e. The Kier molecular flexibility index (Phi) is 4.11. The summed E-state index contributed by atoms with van der Waals surface area (Å²) in [6.45, 7) is 3.16. The number of para-hydroxylation sites is 2. The number of hydrogen-bond acceptors (Lipinski definition) is 4. The molecule has 7 heteroatoms. The van der Waals surface area contributed by atoms with Crippen LogP contribution in [0.15, 0.2) is 24.3 Å². The van der Waals surface area contributed by atoms with Crippen LogP contribution in [-0.2, 0) is 9.59 Å². The van der Waals surface area contributed by atoms with Crippen LogP contribution in [0.3, 0.4) is 0 Å². The minimum Gasteiger partial charge on any atom is -0.548 e. The lowest BCUT2D eigenvalue weighted by atomic mass is 10.1. The highest BCUT2D eigenvalue weighted by Crippen LogP contribution is 2.28. The molecule has 7 nitrogen and oxygen atoms in total. The summed E-state index contributed by atoms with van der Waals surface area (Å²) < 4.78 is 0. The van der Waals surface area contributed by atoms with Crippen molar-refractivity contribution in [2.24, 2.45) is 5.92 Å². The second-order valence-electron chi connectivity index (χ2n) is 5.14. The number of nitrogens with zero attached hydrogens (tertiary/aromatic N) is 1. The number of carboxylic acids is 1. The smallest absolute Gasteiger partial charge is 0.322 e. The summed E-state index contributed by atoms with van der Waals surface area (Å²) in [6.07, 6.45) is 0. The third kappa shape index (κ3) is 3.13. The van der Waals surface area contributed by atoms with E-state index in [9.17, 15) is 19.5 Å². The molecule has 0 saturated carbocycles. The van der Waals surface area contributed by atoms with Crippen molar-refractivity contribution >= 4 is 29.3 Å². The highest BCUT2D eigenvalue weighted by Gasteiger charge is 2.28. The molecule has 1 aliphatic heterocycles. The Bertz CT molecular complexity index is 585. The number of carboxylic acid groups (broad SMARTS) is 1. The van der Waals surface area contributed by atoms with Crippen LogP contribution >= 0.6 is 0 Å². The zero-order chi connectivity index (χ0) is 15.6. The number of carbonyl (C=O) groups excluding carboxylic acids is 3. The summed E-state index contributed by atoms with van der Waals surface area (Å²) in [5.41, 5.74) is 1.04. The zero-order valence-electron chi connectivity index (χ0n) is 11.8. The second kappa shape index (κ2) is 5.82. The number of benzene rings is 1. The first kappa shape index (κ1) is 14.8. The molecule has 1 aromatic carbocycles. The molecule has 1 aromatic rings. The Hall–Kier alpha value is -2.57. The van der Waals surface area contributed by atoms with Crippen molar-refractivity contribution in [1.82, 2.24) is 5.32 Å². The number of rotatable bonds is 3. The van der Waals surface area contributed by atoms with Gasteiger partial charge in [0, 0.05) is 0 Å². The van der Waals surface area contributed by atoms with E-state index >= 15 is 0 Å². The van der Waals surface area contributed by atoms with Crippen LogP contribution in [0.2, 0.25) is 0 Å². The second-order valence-corrected chi connectivity index (χ2v) is 5.14. The topological polar surface area (TPSA) is 102 Å². The minimum absolute atomic E-state index is 0.166. The standard InChI is InChI=1S/C14H17N3O4/c1-8(2)12(13(19)20)16-14(21)17-7-11(18)15-9-5-3-4-6-10(9)17/h3-6,8,12H,7H2,1-2H3,(H,15,18)(H,16,21)(H,19,20)/p-1/t12-/m0/s1. The summed E-state index contributed by atoms with van der Waals surface area (Å²) in [4.78, 5) is 36.2. The molecule has 0 bridgehead atoms. The zero-order valence-corrected chi connectivity index (χ0v) is 11.8. The van der Waals surface area contributed by atoms with Crippen molar-refractivity contribution in [2.75, 3.05) is 16.8 Å². The van der Waals surface area contributed by atoms with E-state index in [2.05, 4.69) is 10.6 Å². The molecule has 0 aromatic heterocycles. The molecular formula is C14H16N3O4-. The predicted molar refractivity (Wildman–Crippen MR) is 74.6 cm³/mol. The highest BCUT2D eigenvalue weighted by molar-refractivity contribution is 6.09. The van der Waals surface area contributed by atoms with Crippen molar-refractivity contribution < 1.29 is 19.5 Å². The van der Waals surface area contributed by atoms with Crippen LogP contribution in [0.4, 0.5) is 16.2 Å². The molecule has 0 radical (unpaired) electrons. The lowest BCUT2D eigenvalue weighted by Crippen LogP contribution is -2.56. The number of urea groups is 1. The molecule has 1 aliphatic rings. The van der Waals surface area contributed by atoms with Crippen molar-refractivity contribution in [2.45, 2.75) is 19.9 Å². The van der Waals surface area contributed by atoms with Gasteiger partial charge in [0.2, 0.25) is 5.91 Å². The summed E-state index contributed by atoms with van der Waals surface area (Å²) in [5.74, 6) is -2.01. The third-order valence-electron chi connectivity index (χ3n) is 3.22. The molecule has 0 unspecified atom stereocenters. The molecular weight excluding hydrogens is 274 g/mol. The number of nitrogens with one attached hydrogen (secondary N) is 2. The number of aliphatic carboxylic acids is 1. The predicted octanol–water partition coefficient (Wildman–Crippen LogP) is -0.0708. The molecule has 0 aliphatic carbocycles. The van der Waals surface area contributed by atoms with Crippen LogP contribution in [-0.4, -0.2) is 30.5 Å². The molecule has 2 N–H and O–H groups in total. The van der Waals surface area contributed by atoms with E-state index in [1.54, 1.807) is 38.1 Å². The van der Waals surface area contributed by atoms with Gasteiger partial charge < -0.3 is 20.5 Å². The molecule has 112 valence electrons.